The molecule has 14 heteroatoms. The van der Waals surface area contributed by atoms with Crippen molar-refractivity contribution in [2.45, 2.75) is 17.9 Å². The number of anilines is 3. The lowest BCUT2D eigenvalue weighted by Crippen LogP contribution is -2.44. The van der Waals surface area contributed by atoms with Crippen LogP contribution in [0.3, 0.4) is 0 Å². The van der Waals surface area contributed by atoms with Gasteiger partial charge in [0, 0.05) is 73.2 Å². The van der Waals surface area contributed by atoms with Crippen molar-refractivity contribution in [3.63, 3.8) is 0 Å². The van der Waals surface area contributed by atoms with Crippen LogP contribution in [-0.2, 0) is 26.2 Å². The number of para-hydroxylation sites is 1. The van der Waals surface area contributed by atoms with E-state index in [1.807, 2.05) is 18.2 Å². The van der Waals surface area contributed by atoms with Crippen molar-refractivity contribution in [3.05, 3.63) is 97.0 Å². The molecule has 1 fully saturated rings. The van der Waals surface area contributed by atoms with Gasteiger partial charge < -0.3 is 24.5 Å². The zero-order valence-electron chi connectivity index (χ0n) is 25.6. The van der Waals surface area contributed by atoms with Gasteiger partial charge >= 0.3 is 6.47 Å². The highest BCUT2D eigenvalue weighted by molar-refractivity contribution is 7.92. The Labute approximate surface area is 271 Å². The molecule has 1 aliphatic rings. The number of hydrogen-bond acceptors (Lipinski definition) is 9. The zero-order chi connectivity index (χ0) is 33.0. The Morgan fingerprint density at radius 2 is 1.72 bits per heavy atom. The number of fused-ring (bicyclic) bond motifs is 1. The van der Waals surface area contributed by atoms with Gasteiger partial charge in [-0.25, -0.2) is 18.7 Å². The third-order valence-corrected chi connectivity index (χ3v) is 9.70. The van der Waals surface area contributed by atoms with Crippen molar-refractivity contribution in [1.82, 2.24) is 24.3 Å². The number of piperazine rings is 1. The summed E-state index contributed by atoms with van der Waals surface area (Å²) in [5.41, 5.74) is 3.28. The summed E-state index contributed by atoms with van der Waals surface area (Å²) in [6.07, 6.45) is 4.63. The van der Waals surface area contributed by atoms with E-state index in [1.165, 1.54) is 18.5 Å². The number of nitrogens with zero attached hydrogens (tertiary/aromatic N) is 6. The second-order valence-corrected chi connectivity index (χ2v) is 12.9. The van der Waals surface area contributed by atoms with Crippen molar-refractivity contribution in [2.75, 3.05) is 49.6 Å². The molecule has 0 spiro atoms. The van der Waals surface area contributed by atoms with Crippen LogP contribution in [-0.4, -0.2) is 79.0 Å². The summed E-state index contributed by atoms with van der Waals surface area (Å²) in [5.74, 6) is -1.78. The Morgan fingerprint density at radius 3 is 2.47 bits per heavy atom. The first-order valence-electron chi connectivity index (χ1n) is 15.0. The molecular weight excluding hydrogens is 628 g/mol. The predicted octanol–water partition coefficient (Wildman–Crippen LogP) is 5.04. The number of aromatic nitrogens is 3. The lowest BCUT2D eigenvalue weighted by molar-refractivity contribution is -0.128. The average molecular weight is 662 g/mol. The van der Waals surface area contributed by atoms with Gasteiger partial charge in [0.2, 0.25) is 0 Å². The smallest absolute Gasteiger partial charge is 0.322 e. The van der Waals surface area contributed by atoms with Gasteiger partial charge in [-0.3, -0.25) is 4.79 Å². The number of carbonyl (C=O) groups excluding carboxylic acids is 1. The largest absolute Gasteiger partial charge is 0.347 e. The molecular formula is C33H33F2N7O4S. The highest BCUT2D eigenvalue weighted by atomic mass is 32.2. The van der Waals surface area contributed by atoms with Crippen molar-refractivity contribution >= 4 is 44.6 Å². The molecule has 0 amide bonds. The summed E-state index contributed by atoms with van der Waals surface area (Å²) in [6.45, 7) is 6.20. The Hall–Kier alpha value is -4.92. The average Bonchev–Trinajstić information content (AvgIpc) is 3.43. The minimum absolute atomic E-state index is 0.0878. The monoisotopic (exact) mass is 661 g/mol. The van der Waals surface area contributed by atoms with Gasteiger partial charge in [-0.1, -0.05) is 22.7 Å². The van der Waals surface area contributed by atoms with Gasteiger partial charge in [-0.2, -0.15) is 8.42 Å². The predicted molar refractivity (Wildman–Crippen MR) is 174 cm³/mol. The van der Waals surface area contributed by atoms with Gasteiger partial charge in [0.1, 0.15) is 28.7 Å². The van der Waals surface area contributed by atoms with Crippen molar-refractivity contribution in [2.24, 2.45) is 0 Å². The van der Waals surface area contributed by atoms with E-state index in [4.69, 9.17) is 4.84 Å². The first-order valence-corrected chi connectivity index (χ1v) is 16.5. The van der Waals surface area contributed by atoms with E-state index in [2.05, 4.69) is 55.0 Å². The Bertz CT molecular complexity index is 1980. The lowest BCUT2D eigenvalue weighted by Gasteiger charge is -2.32. The topological polar surface area (TPSA) is 113 Å². The fourth-order valence-corrected chi connectivity index (χ4v) is 6.90. The van der Waals surface area contributed by atoms with Gasteiger partial charge in [-0.15, -0.1) is 0 Å². The van der Waals surface area contributed by atoms with Gasteiger partial charge in [0.25, 0.3) is 10.0 Å². The maximum atomic E-state index is 14.3. The van der Waals surface area contributed by atoms with E-state index in [-0.39, 0.29) is 16.6 Å². The summed E-state index contributed by atoms with van der Waals surface area (Å²) >= 11 is 0. The number of carbonyl (C=O) groups is 1. The van der Waals surface area contributed by atoms with E-state index < -0.39 is 26.6 Å². The van der Waals surface area contributed by atoms with E-state index in [9.17, 15) is 22.0 Å². The molecule has 3 heterocycles. The molecule has 0 bridgehead atoms. The normalized spacial score (nSPS) is 14.3. The van der Waals surface area contributed by atoms with E-state index in [0.29, 0.717) is 17.6 Å². The van der Waals surface area contributed by atoms with Crippen molar-refractivity contribution in [1.29, 1.82) is 0 Å². The molecule has 5 aromatic rings. The SMILES string of the molecule is CN1CCN(CCCn2cc(-c3cc(Nc4ccc(N(OC=O)S(=O)(=O)c5ccc(F)cc5F)cc4)ncn3)c3ccccc32)CC1. The number of rotatable bonds is 12. The molecule has 0 atom stereocenters. The Morgan fingerprint density at radius 1 is 0.957 bits per heavy atom. The molecule has 0 aliphatic carbocycles. The number of aryl methyl sites for hydroxylation is 1. The lowest BCUT2D eigenvalue weighted by atomic mass is 10.1. The van der Waals surface area contributed by atoms with E-state index >= 15 is 0 Å². The van der Waals surface area contributed by atoms with Crippen molar-refractivity contribution in [3.8, 4) is 11.3 Å². The molecule has 1 aliphatic heterocycles. The fraction of sp³-hybridized carbons (Fsp3) is 0.242. The summed E-state index contributed by atoms with van der Waals surface area (Å²) in [4.78, 5) is 28.8. The molecule has 2 aromatic heterocycles. The van der Waals surface area contributed by atoms with Crippen LogP contribution < -0.4 is 9.79 Å². The van der Waals surface area contributed by atoms with Crippen LogP contribution in [0.25, 0.3) is 22.2 Å². The summed E-state index contributed by atoms with van der Waals surface area (Å²) in [5, 5.41) is 4.26. The molecule has 1 saturated heterocycles. The molecule has 6 rings (SSSR count). The third kappa shape index (κ3) is 7.09. The molecule has 47 heavy (non-hydrogen) atoms. The third-order valence-electron chi connectivity index (χ3n) is 8.08. The number of hydrogen-bond donors (Lipinski definition) is 1. The maximum Gasteiger partial charge on any atom is 0.322 e. The zero-order valence-corrected chi connectivity index (χ0v) is 26.4. The van der Waals surface area contributed by atoms with Gasteiger partial charge in [0.15, 0.2) is 0 Å². The summed E-state index contributed by atoms with van der Waals surface area (Å²) < 4.78 is 56.4. The quantitative estimate of drug-likeness (QED) is 0.145. The van der Waals surface area contributed by atoms with Crippen molar-refractivity contribution < 1.29 is 26.8 Å². The van der Waals surface area contributed by atoms with Gasteiger partial charge in [-0.05, 0) is 62.5 Å². The van der Waals surface area contributed by atoms with Crippen LogP contribution in [0.2, 0.25) is 0 Å². The Kier molecular flexibility index (Phi) is 9.43. The maximum absolute atomic E-state index is 14.3. The van der Waals surface area contributed by atoms with Crippen LogP contribution in [0, 0.1) is 11.6 Å². The molecule has 3 aromatic carbocycles. The van der Waals surface area contributed by atoms with Crippen LogP contribution >= 0.6 is 0 Å². The first-order chi connectivity index (χ1) is 22.7. The number of nitrogens with one attached hydrogen (secondary N) is 1. The fourth-order valence-electron chi connectivity index (χ4n) is 5.63. The minimum atomic E-state index is -4.71. The number of halogens is 2. The number of likely N-dealkylation sites (N-methyl/N-ethyl adjacent to an activating group) is 1. The van der Waals surface area contributed by atoms with Crippen LogP contribution in [0.5, 0.6) is 0 Å². The molecule has 0 unspecified atom stereocenters. The standard InChI is InChI=1S/C33H33F2N7O4S/c1-39-15-17-40(18-16-39)13-4-14-41-21-28(27-5-2-3-6-31(27)41)30-20-33(37-22-36-30)38-25-8-10-26(11-9-25)42(46-23-43)47(44,45)32-12-7-24(34)19-29(32)35/h2-3,5-12,19-23H,4,13-18H2,1H3,(H,36,37,38). The highest BCUT2D eigenvalue weighted by Gasteiger charge is 2.30. The Balaban J connectivity index is 1.19. The van der Waals surface area contributed by atoms with Crippen LogP contribution in [0.4, 0.5) is 26.0 Å². The van der Waals surface area contributed by atoms with Crippen LogP contribution in [0.1, 0.15) is 6.42 Å². The van der Waals surface area contributed by atoms with Crippen LogP contribution in [0.15, 0.2) is 90.2 Å². The molecule has 11 nitrogen and oxygen atoms in total. The summed E-state index contributed by atoms with van der Waals surface area (Å²) in [7, 11) is -2.55. The molecule has 1 N–H and O–H groups in total. The minimum Gasteiger partial charge on any atom is -0.347 e. The second kappa shape index (κ2) is 13.8. The number of sulfonamides is 1. The molecule has 0 radical (unpaired) electrons. The molecule has 0 saturated carbocycles. The first kappa shape index (κ1) is 32.0. The summed E-state index contributed by atoms with van der Waals surface area (Å²) in [6, 6.07) is 17.9. The van der Waals surface area contributed by atoms with Gasteiger partial charge in [0.05, 0.1) is 11.4 Å². The highest BCUT2D eigenvalue weighted by Crippen LogP contribution is 2.32. The number of benzene rings is 3. The van der Waals surface area contributed by atoms with E-state index in [0.717, 1.165) is 80.0 Å². The van der Waals surface area contributed by atoms with E-state index in [1.54, 1.807) is 12.1 Å². The second-order valence-electron chi connectivity index (χ2n) is 11.2. The molecule has 244 valence electrons.